The highest BCUT2D eigenvalue weighted by molar-refractivity contribution is 5.94. The SMILES string of the molecule is COc1cccc([C@@H]2CN(CC3CC3)C[C@H]2CN(CC(C)C)C(=O)c2ccccc2)c1. The Hall–Kier alpha value is -2.33. The summed E-state index contributed by atoms with van der Waals surface area (Å²) in [6, 6.07) is 18.3. The van der Waals surface area contributed by atoms with E-state index in [0.29, 0.717) is 17.8 Å². The summed E-state index contributed by atoms with van der Waals surface area (Å²) in [5.74, 6) is 3.23. The Balaban J connectivity index is 1.56. The number of benzene rings is 2. The molecule has 0 spiro atoms. The molecule has 4 rings (SSSR count). The van der Waals surface area contributed by atoms with Crippen molar-refractivity contribution < 1.29 is 9.53 Å². The van der Waals surface area contributed by atoms with E-state index in [1.807, 2.05) is 36.4 Å². The molecule has 1 amide bonds. The summed E-state index contributed by atoms with van der Waals surface area (Å²) in [7, 11) is 1.73. The van der Waals surface area contributed by atoms with E-state index in [1.54, 1.807) is 7.11 Å². The van der Waals surface area contributed by atoms with Crippen LogP contribution in [0.2, 0.25) is 0 Å². The summed E-state index contributed by atoms with van der Waals surface area (Å²) < 4.78 is 5.50. The fourth-order valence-corrected chi connectivity index (χ4v) is 4.94. The minimum atomic E-state index is 0.152. The predicted molar refractivity (Wildman–Crippen MR) is 126 cm³/mol. The maximum absolute atomic E-state index is 13.4. The van der Waals surface area contributed by atoms with Crippen LogP contribution in [0.3, 0.4) is 0 Å². The normalized spacial score (nSPS) is 21.4. The molecule has 2 aromatic rings. The Kier molecular flexibility index (Phi) is 6.96. The summed E-state index contributed by atoms with van der Waals surface area (Å²) in [5, 5.41) is 0. The van der Waals surface area contributed by atoms with Crippen molar-refractivity contribution in [3.05, 3.63) is 65.7 Å². The van der Waals surface area contributed by atoms with Gasteiger partial charge in [-0.15, -0.1) is 0 Å². The molecule has 0 N–H and O–H groups in total. The Bertz CT molecular complexity index is 863. The van der Waals surface area contributed by atoms with Gasteiger partial charge in [-0.25, -0.2) is 0 Å². The number of methoxy groups -OCH3 is 1. The topological polar surface area (TPSA) is 32.8 Å². The Labute approximate surface area is 187 Å². The molecule has 0 aromatic heterocycles. The predicted octanol–water partition coefficient (Wildman–Crippen LogP) is 4.92. The first kappa shape index (κ1) is 21.9. The molecule has 0 bridgehead atoms. The molecule has 31 heavy (non-hydrogen) atoms. The van der Waals surface area contributed by atoms with Crippen molar-refractivity contribution in [3.63, 3.8) is 0 Å². The lowest BCUT2D eigenvalue weighted by Gasteiger charge is -2.30. The van der Waals surface area contributed by atoms with E-state index < -0.39 is 0 Å². The summed E-state index contributed by atoms with van der Waals surface area (Å²) in [6.45, 7) is 9.32. The van der Waals surface area contributed by atoms with Gasteiger partial charge >= 0.3 is 0 Å². The van der Waals surface area contributed by atoms with Crippen LogP contribution in [0.25, 0.3) is 0 Å². The van der Waals surface area contributed by atoms with Crippen LogP contribution in [0.1, 0.15) is 48.5 Å². The van der Waals surface area contributed by atoms with Gasteiger partial charge in [0.05, 0.1) is 7.11 Å². The quantitative estimate of drug-likeness (QED) is 0.577. The van der Waals surface area contributed by atoms with Gasteiger partial charge in [-0.05, 0) is 60.4 Å². The van der Waals surface area contributed by atoms with Gasteiger partial charge in [0.1, 0.15) is 5.75 Å². The zero-order chi connectivity index (χ0) is 21.8. The molecule has 1 heterocycles. The van der Waals surface area contributed by atoms with Gasteiger partial charge < -0.3 is 14.5 Å². The van der Waals surface area contributed by atoms with E-state index in [-0.39, 0.29) is 5.91 Å². The average Bonchev–Trinajstić information content (AvgIpc) is 3.51. The van der Waals surface area contributed by atoms with Crippen LogP contribution in [-0.2, 0) is 0 Å². The van der Waals surface area contributed by atoms with Crippen LogP contribution >= 0.6 is 0 Å². The highest BCUT2D eigenvalue weighted by atomic mass is 16.5. The average molecular weight is 421 g/mol. The lowest BCUT2D eigenvalue weighted by atomic mass is 9.88. The molecule has 0 unspecified atom stereocenters. The molecule has 2 aromatic carbocycles. The third kappa shape index (κ3) is 5.68. The number of rotatable bonds is 9. The number of nitrogens with zero attached hydrogens (tertiary/aromatic N) is 2. The molecule has 0 radical (unpaired) electrons. The molecule has 1 saturated heterocycles. The van der Waals surface area contributed by atoms with E-state index >= 15 is 0 Å². The first-order valence-electron chi connectivity index (χ1n) is 11.7. The van der Waals surface area contributed by atoms with Crippen molar-refractivity contribution in [3.8, 4) is 5.75 Å². The van der Waals surface area contributed by atoms with Crippen LogP contribution < -0.4 is 4.74 Å². The maximum atomic E-state index is 13.4. The standard InChI is InChI=1S/C27H36N2O2/c1-20(2)15-29(27(30)22-8-5-4-6-9-22)18-24-17-28(16-21-12-13-21)19-26(24)23-10-7-11-25(14-23)31-3/h4-11,14,20-21,24,26H,12-13,15-19H2,1-3H3/t24-,26-/m0/s1. The first-order chi connectivity index (χ1) is 15.0. The zero-order valence-corrected chi connectivity index (χ0v) is 19.2. The van der Waals surface area contributed by atoms with Gasteiger partial charge in [0.25, 0.3) is 5.91 Å². The second-order valence-electron chi connectivity index (χ2n) is 9.78. The highest BCUT2D eigenvalue weighted by Crippen LogP contribution is 2.38. The van der Waals surface area contributed by atoms with E-state index in [9.17, 15) is 4.79 Å². The van der Waals surface area contributed by atoms with Crippen LogP contribution in [0.5, 0.6) is 5.75 Å². The van der Waals surface area contributed by atoms with Gasteiger partial charge in [0, 0.05) is 44.2 Å². The first-order valence-corrected chi connectivity index (χ1v) is 11.7. The largest absolute Gasteiger partial charge is 0.497 e. The van der Waals surface area contributed by atoms with E-state index in [1.165, 1.54) is 24.9 Å². The van der Waals surface area contributed by atoms with Gasteiger partial charge in [-0.1, -0.05) is 44.2 Å². The van der Waals surface area contributed by atoms with Crippen molar-refractivity contribution in [1.29, 1.82) is 0 Å². The minimum absolute atomic E-state index is 0.152. The molecular weight excluding hydrogens is 384 g/mol. The van der Waals surface area contributed by atoms with Crippen LogP contribution in [0.15, 0.2) is 54.6 Å². The lowest BCUT2D eigenvalue weighted by Crippen LogP contribution is -2.39. The second-order valence-corrected chi connectivity index (χ2v) is 9.78. The molecule has 2 fully saturated rings. The fourth-order valence-electron chi connectivity index (χ4n) is 4.94. The minimum Gasteiger partial charge on any atom is -0.497 e. The molecule has 4 nitrogen and oxygen atoms in total. The number of hydrogen-bond donors (Lipinski definition) is 0. The fraction of sp³-hybridized carbons (Fsp3) is 0.519. The molecule has 4 heteroatoms. The Morgan fingerprint density at radius 1 is 1.10 bits per heavy atom. The number of ether oxygens (including phenoxy) is 1. The van der Waals surface area contributed by atoms with Crippen LogP contribution in [0, 0.1) is 17.8 Å². The number of carbonyl (C=O) groups is 1. The lowest BCUT2D eigenvalue weighted by molar-refractivity contribution is 0.0703. The molecule has 2 atom stereocenters. The van der Waals surface area contributed by atoms with Crippen LogP contribution in [0.4, 0.5) is 0 Å². The van der Waals surface area contributed by atoms with E-state index in [0.717, 1.165) is 43.4 Å². The molecule has 1 aliphatic carbocycles. The second kappa shape index (κ2) is 9.86. The van der Waals surface area contributed by atoms with Crippen LogP contribution in [-0.4, -0.2) is 55.5 Å². The van der Waals surface area contributed by atoms with E-state index in [2.05, 4.69) is 41.8 Å². The van der Waals surface area contributed by atoms with Crippen molar-refractivity contribution in [2.45, 2.75) is 32.6 Å². The third-order valence-electron chi connectivity index (χ3n) is 6.60. The van der Waals surface area contributed by atoms with Crippen molar-refractivity contribution in [2.24, 2.45) is 17.8 Å². The van der Waals surface area contributed by atoms with Gasteiger partial charge in [0.2, 0.25) is 0 Å². The molecule has 166 valence electrons. The van der Waals surface area contributed by atoms with E-state index in [4.69, 9.17) is 4.74 Å². The summed E-state index contributed by atoms with van der Waals surface area (Å²) in [5.41, 5.74) is 2.12. The summed E-state index contributed by atoms with van der Waals surface area (Å²) >= 11 is 0. The summed E-state index contributed by atoms with van der Waals surface area (Å²) in [4.78, 5) is 18.1. The van der Waals surface area contributed by atoms with Gasteiger partial charge in [0.15, 0.2) is 0 Å². The number of hydrogen-bond acceptors (Lipinski definition) is 3. The molecule has 1 aliphatic heterocycles. The Morgan fingerprint density at radius 3 is 2.55 bits per heavy atom. The number of likely N-dealkylation sites (tertiary alicyclic amines) is 1. The Morgan fingerprint density at radius 2 is 1.87 bits per heavy atom. The zero-order valence-electron chi connectivity index (χ0n) is 19.2. The van der Waals surface area contributed by atoms with Gasteiger partial charge in [-0.3, -0.25) is 4.79 Å². The number of amides is 1. The molecule has 2 aliphatic rings. The monoisotopic (exact) mass is 420 g/mol. The molecule has 1 saturated carbocycles. The number of carbonyl (C=O) groups excluding carboxylic acids is 1. The maximum Gasteiger partial charge on any atom is 0.253 e. The smallest absolute Gasteiger partial charge is 0.253 e. The molecular formula is C27H36N2O2. The third-order valence-corrected chi connectivity index (χ3v) is 6.60. The highest BCUT2D eigenvalue weighted by Gasteiger charge is 2.38. The van der Waals surface area contributed by atoms with Crippen molar-refractivity contribution in [1.82, 2.24) is 9.80 Å². The van der Waals surface area contributed by atoms with Crippen molar-refractivity contribution >= 4 is 5.91 Å². The van der Waals surface area contributed by atoms with Gasteiger partial charge in [-0.2, -0.15) is 0 Å². The summed E-state index contributed by atoms with van der Waals surface area (Å²) in [6.07, 6.45) is 2.74. The van der Waals surface area contributed by atoms with Crippen molar-refractivity contribution in [2.75, 3.05) is 39.8 Å².